The zero-order valence-electron chi connectivity index (χ0n) is 9.07. The molecule has 1 aromatic heterocycles. The molecule has 2 amide bonds. The number of rotatable bonds is 2. The number of carbonyl (C=O) groups is 2. The lowest BCUT2D eigenvalue weighted by Gasteiger charge is -2.21. The van der Waals surface area contributed by atoms with Gasteiger partial charge in [-0.1, -0.05) is 11.6 Å². The van der Waals surface area contributed by atoms with E-state index in [1.54, 1.807) is 12.1 Å². The van der Waals surface area contributed by atoms with Crippen molar-refractivity contribution < 1.29 is 9.59 Å². The van der Waals surface area contributed by atoms with Crippen LogP contribution in [-0.4, -0.2) is 23.3 Å². The minimum atomic E-state index is -0.190. The number of carbonyl (C=O) groups excluding carboxylic acids is 2. The number of pyridine rings is 1. The molecule has 1 aromatic rings. The molecule has 0 bridgehead atoms. The van der Waals surface area contributed by atoms with Crippen LogP contribution in [0.15, 0.2) is 18.3 Å². The molecule has 6 heteroatoms. The highest BCUT2D eigenvalue weighted by atomic mass is 35.5. The molecule has 0 aliphatic carbocycles. The molecule has 1 atom stereocenters. The minimum absolute atomic E-state index is 0.00123. The van der Waals surface area contributed by atoms with E-state index in [9.17, 15) is 9.59 Å². The first-order valence-corrected chi connectivity index (χ1v) is 5.72. The van der Waals surface area contributed by atoms with E-state index in [1.165, 1.54) is 6.20 Å². The van der Waals surface area contributed by atoms with Gasteiger partial charge in [-0.2, -0.15) is 0 Å². The smallest absolute Gasteiger partial charge is 0.230 e. The van der Waals surface area contributed by atoms with Crippen LogP contribution in [0.2, 0.25) is 5.02 Å². The minimum Gasteiger partial charge on any atom is -0.355 e. The molecule has 0 saturated carbocycles. The maximum absolute atomic E-state index is 11.8. The number of hydrogen-bond donors (Lipinski definition) is 2. The van der Waals surface area contributed by atoms with Gasteiger partial charge in [0.15, 0.2) is 0 Å². The van der Waals surface area contributed by atoms with Crippen LogP contribution in [0.1, 0.15) is 12.8 Å². The van der Waals surface area contributed by atoms with Crippen LogP contribution < -0.4 is 10.6 Å². The Balaban J connectivity index is 1.92. The highest BCUT2D eigenvalue weighted by molar-refractivity contribution is 6.30. The van der Waals surface area contributed by atoms with E-state index in [1.807, 2.05) is 0 Å². The fourth-order valence-corrected chi connectivity index (χ4v) is 1.75. The molecule has 90 valence electrons. The Bertz CT molecular complexity index is 423. The van der Waals surface area contributed by atoms with Gasteiger partial charge in [-0.15, -0.1) is 0 Å². The standard InChI is InChI=1S/C11H12ClN3O2/c12-8-2-3-9(13-6-8)15-11(17)7-1-4-10(16)14-5-7/h2-3,6-7H,1,4-5H2,(H,14,16)(H,13,15,17). The van der Waals surface area contributed by atoms with Crippen LogP contribution in [0.3, 0.4) is 0 Å². The Morgan fingerprint density at radius 1 is 1.53 bits per heavy atom. The zero-order chi connectivity index (χ0) is 12.3. The first kappa shape index (κ1) is 11.9. The number of amides is 2. The Morgan fingerprint density at radius 3 is 2.94 bits per heavy atom. The molecular formula is C11H12ClN3O2. The number of halogens is 1. The molecule has 0 spiro atoms. The molecule has 2 heterocycles. The summed E-state index contributed by atoms with van der Waals surface area (Å²) >= 11 is 5.69. The van der Waals surface area contributed by atoms with Gasteiger partial charge < -0.3 is 10.6 Å². The lowest BCUT2D eigenvalue weighted by molar-refractivity contribution is -0.126. The fourth-order valence-electron chi connectivity index (χ4n) is 1.63. The van der Waals surface area contributed by atoms with Crippen molar-refractivity contribution in [3.63, 3.8) is 0 Å². The summed E-state index contributed by atoms with van der Waals surface area (Å²) in [6, 6.07) is 3.30. The molecule has 1 aliphatic heterocycles. The highest BCUT2D eigenvalue weighted by Crippen LogP contribution is 2.14. The van der Waals surface area contributed by atoms with Crippen LogP contribution in [-0.2, 0) is 9.59 Å². The molecule has 17 heavy (non-hydrogen) atoms. The maximum Gasteiger partial charge on any atom is 0.230 e. The summed E-state index contributed by atoms with van der Waals surface area (Å²) in [5, 5.41) is 5.88. The summed E-state index contributed by atoms with van der Waals surface area (Å²) in [5.41, 5.74) is 0. The number of nitrogens with zero attached hydrogens (tertiary/aromatic N) is 1. The molecule has 5 nitrogen and oxygen atoms in total. The van der Waals surface area contributed by atoms with E-state index in [0.29, 0.717) is 30.2 Å². The van der Waals surface area contributed by atoms with E-state index in [0.717, 1.165) is 0 Å². The van der Waals surface area contributed by atoms with Crippen LogP contribution >= 0.6 is 11.6 Å². The number of anilines is 1. The number of piperidine rings is 1. The first-order valence-electron chi connectivity index (χ1n) is 5.34. The predicted molar refractivity (Wildman–Crippen MR) is 63.6 cm³/mol. The van der Waals surface area contributed by atoms with Gasteiger partial charge in [-0.25, -0.2) is 4.98 Å². The largest absolute Gasteiger partial charge is 0.355 e. The second-order valence-corrected chi connectivity index (χ2v) is 4.33. The lowest BCUT2D eigenvalue weighted by atomic mass is 9.98. The van der Waals surface area contributed by atoms with Gasteiger partial charge in [0.1, 0.15) is 5.82 Å². The molecule has 1 aliphatic rings. The van der Waals surface area contributed by atoms with Crippen LogP contribution in [0.25, 0.3) is 0 Å². The molecule has 1 saturated heterocycles. The van der Waals surface area contributed by atoms with Gasteiger partial charge in [0, 0.05) is 19.2 Å². The van der Waals surface area contributed by atoms with Crippen molar-refractivity contribution in [1.29, 1.82) is 0 Å². The van der Waals surface area contributed by atoms with Crippen molar-refractivity contribution in [2.45, 2.75) is 12.8 Å². The zero-order valence-corrected chi connectivity index (χ0v) is 9.83. The van der Waals surface area contributed by atoms with Crippen molar-refractivity contribution in [3.05, 3.63) is 23.4 Å². The topological polar surface area (TPSA) is 71.1 Å². The van der Waals surface area contributed by atoms with E-state index in [2.05, 4.69) is 15.6 Å². The Hall–Kier alpha value is -1.62. The third-order valence-corrected chi connectivity index (χ3v) is 2.84. The van der Waals surface area contributed by atoms with Gasteiger partial charge in [-0.3, -0.25) is 9.59 Å². The monoisotopic (exact) mass is 253 g/mol. The summed E-state index contributed by atoms with van der Waals surface area (Å²) in [4.78, 5) is 26.8. The summed E-state index contributed by atoms with van der Waals surface area (Å²) in [7, 11) is 0. The average Bonchev–Trinajstić information content (AvgIpc) is 2.33. The van der Waals surface area contributed by atoms with Crippen LogP contribution in [0.5, 0.6) is 0 Å². The Kier molecular flexibility index (Phi) is 3.58. The Labute approximate surface area is 104 Å². The van der Waals surface area contributed by atoms with Gasteiger partial charge in [0.25, 0.3) is 0 Å². The maximum atomic E-state index is 11.8. The van der Waals surface area contributed by atoms with Crippen molar-refractivity contribution in [2.75, 3.05) is 11.9 Å². The predicted octanol–water partition coefficient (Wildman–Crippen LogP) is 1.20. The first-order chi connectivity index (χ1) is 8.15. The van der Waals surface area contributed by atoms with Crippen molar-refractivity contribution in [2.24, 2.45) is 5.92 Å². The molecule has 0 aromatic carbocycles. The molecule has 2 rings (SSSR count). The molecular weight excluding hydrogens is 242 g/mol. The lowest BCUT2D eigenvalue weighted by Crippen LogP contribution is -2.40. The Morgan fingerprint density at radius 2 is 2.35 bits per heavy atom. The number of hydrogen-bond acceptors (Lipinski definition) is 3. The van der Waals surface area contributed by atoms with Gasteiger partial charge in [-0.05, 0) is 18.6 Å². The normalized spacial score (nSPS) is 19.6. The third-order valence-electron chi connectivity index (χ3n) is 2.61. The van der Waals surface area contributed by atoms with Gasteiger partial charge >= 0.3 is 0 Å². The second-order valence-electron chi connectivity index (χ2n) is 3.89. The van der Waals surface area contributed by atoms with E-state index in [-0.39, 0.29) is 17.7 Å². The van der Waals surface area contributed by atoms with Crippen LogP contribution in [0, 0.1) is 5.92 Å². The summed E-state index contributed by atoms with van der Waals surface area (Å²) < 4.78 is 0. The van der Waals surface area contributed by atoms with Gasteiger partial charge in [0.05, 0.1) is 10.9 Å². The van der Waals surface area contributed by atoms with Crippen molar-refractivity contribution in [3.8, 4) is 0 Å². The second kappa shape index (κ2) is 5.14. The van der Waals surface area contributed by atoms with Crippen molar-refractivity contribution in [1.82, 2.24) is 10.3 Å². The molecule has 1 fully saturated rings. The molecule has 2 N–H and O–H groups in total. The highest BCUT2D eigenvalue weighted by Gasteiger charge is 2.24. The number of nitrogens with one attached hydrogen (secondary N) is 2. The van der Waals surface area contributed by atoms with Crippen molar-refractivity contribution >= 4 is 29.2 Å². The van der Waals surface area contributed by atoms with Gasteiger partial charge in [0.2, 0.25) is 11.8 Å². The SMILES string of the molecule is O=C1CCC(C(=O)Nc2ccc(Cl)cn2)CN1. The summed E-state index contributed by atoms with van der Waals surface area (Å²) in [6.45, 7) is 0.387. The quantitative estimate of drug-likeness (QED) is 0.832. The molecule has 0 radical (unpaired) electrons. The van der Waals surface area contributed by atoms with E-state index >= 15 is 0 Å². The van der Waals surface area contributed by atoms with E-state index < -0.39 is 0 Å². The number of aromatic nitrogens is 1. The summed E-state index contributed by atoms with van der Waals surface area (Å²) in [5.74, 6) is 0.153. The average molecular weight is 254 g/mol. The molecule has 1 unspecified atom stereocenters. The van der Waals surface area contributed by atoms with Crippen LogP contribution in [0.4, 0.5) is 5.82 Å². The summed E-state index contributed by atoms with van der Waals surface area (Å²) in [6.07, 6.45) is 2.44. The third kappa shape index (κ3) is 3.17. The fraction of sp³-hybridized carbons (Fsp3) is 0.364. The van der Waals surface area contributed by atoms with E-state index in [4.69, 9.17) is 11.6 Å².